The van der Waals surface area contributed by atoms with Gasteiger partial charge in [-0.3, -0.25) is 0 Å². The van der Waals surface area contributed by atoms with Gasteiger partial charge in [0.25, 0.3) is 0 Å². The summed E-state index contributed by atoms with van der Waals surface area (Å²) in [5, 5.41) is 4.33. The minimum absolute atomic E-state index is 0.487. The van der Waals surface area contributed by atoms with Crippen molar-refractivity contribution in [3.8, 4) is 0 Å². The van der Waals surface area contributed by atoms with Crippen molar-refractivity contribution in [2.75, 3.05) is 32.1 Å². The van der Waals surface area contributed by atoms with Gasteiger partial charge in [0, 0.05) is 42.4 Å². The second-order valence-corrected chi connectivity index (χ2v) is 7.16. The third kappa shape index (κ3) is 4.12. The van der Waals surface area contributed by atoms with E-state index in [-0.39, 0.29) is 0 Å². The molecule has 1 fully saturated rings. The normalized spacial score (nSPS) is 22.6. The van der Waals surface area contributed by atoms with E-state index in [1.54, 1.807) is 0 Å². The van der Waals surface area contributed by atoms with E-state index in [4.69, 9.17) is 11.6 Å². The Hall–Kier alpha value is -0.770. The first kappa shape index (κ1) is 16.6. The number of likely N-dealkylation sites (N-methyl/N-ethyl adjacent to an activating group) is 1. The van der Waals surface area contributed by atoms with Gasteiger partial charge in [-0.05, 0) is 37.7 Å². The molecule has 1 N–H and O–H groups in total. The molecule has 3 nitrogen and oxygen atoms in total. The van der Waals surface area contributed by atoms with Crippen molar-refractivity contribution in [1.29, 1.82) is 0 Å². The zero-order valence-electron chi connectivity index (χ0n) is 13.9. The number of halogens is 1. The monoisotopic (exact) mass is 309 g/mol. The van der Waals surface area contributed by atoms with Crippen molar-refractivity contribution >= 4 is 17.3 Å². The summed E-state index contributed by atoms with van der Waals surface area (Å²) < 4.78 is 0. The van der Waals surface area contributed by atoms with E-state index >= 15 is 0 Å². The van der Waals surface area contributed by atoms with Crippen LogP contribution in [0.4, 0.5) is 5.69 Å². The number of rotatable bonds is 5. The van der Waals surface area contributed by atoms with Crippen molar-refractivity contribution in [1.82, 2.24) is 10.2 Å². The minimum Gasteiger partial charge on any atom is -0.369 e. The lowest BCUT2D eigenvalue weighted by atomic mass is 10.1. The highest BCUT2D eigenvalue weighted by atomic mass is 35.5. The fourth-order valence-corrected chi connectivity index (χ4v) is 3.28. The van der Waals surface area contributed by atoms with Gasteiger partial charge in [-0.1, -0.05) is 38.4 Å². The fraction of sp³-hybridized carbons (Fsp3) is 0.647. The Kier molecular flexibility index (Phi) is 5.53. The van der Waals surface area contributed by atoms with Gasteiger partial charge in [-0.15, -0.1) is 0 Å². The molecule has 1 aromatic carbocycles. The highest BCUT2D eigenvalue weighted by molar-refractivity contribution is 6.30. The summed E-state index contributed by atoms with van der Waals surface area (Å²) in [4.78, 5) is 4.82. The van der Waals surface area contributed by atoms with Crippen LogP contribution in [0.1, 0.15) is 26.3 Å². The smallest absolute Gasteiger partial charge is 0.0427 e. The molecule has 0 spiro atoms. The molecule has 1 aliphatic rings. The lowest BCUT2D eigenvalue weighted by Crippen LogP contribution is -2.34. The van der Waals surface area contributed by atoms with E-state index in [2.05, 4.69) is 62.1 Å². The van der Waals surface area contributed by atoms with Gasteiger partial charge < -0.3 is 15.1 Å². The molecule has 1 saturated heterocycles. The van der Waals surface area contributed by atoms with Crippen LogP contribution in [-0.4, -0.2) is 44.2 Å². The zero-order chi connectivity index (χ0) is 15.6. The van der Waals surface area contributed by atoms with Crippen LogP contribution < -0.4 is 10.2 Å². The Balaban J connectivity index is 2.20. The summed E-state index contributed by atoms with van der Waals surface area (Å²) in [6.07, 6.45) is 0. The maximum absolute atomic E-state index is 6.24. The molecule has 2 unspecified atom stereocenters. The summed E-state index contributed by atoms with van der Waals surface area (Å²) in [5.74, 6) is 0.671. The van der Waals surface area contributed by atoms with E-state index in [9.17, 15) is 0 Å². The molecule has 2 atom stereocenters. The molecule has 0 saturated carbocycles. The number of hydrogen-bond acceptors (Lipinski definition) is 3. The van der Waals surface area contributed by atoms with Crippen LogP contribution in [0.5, 0.6) is 0 Å². The van der Waals surface area contributed by atoms with Crippen molar-refractivity contribution in [3.05, 3.63) is 28.8 Å². The minimum atomic E-state index is 0.487. The number of hydrogen-bond donors (Lipinski definition) is 1. The molecule has 4 heteroatoms. The maximum Gasteiger partial charge on any atom is 0.0427 e. The van der Waals surface area contributed by atoms with Gasteiger partial charge in [0.05, 0.1) is 0 Å². The van der Waals surface area contributed by atoms with Crippen LogP contribution in [0.15, 0.2) is 18.2 Å². The Bertz CT molecular complexity index is 473. The highest BCUT2D eigenvalue weighted by Gasteiger charge is 2.31. The van der Waals surface area contributed by atoms with Crippen LogP contribution >= 0.6 is 11.6 Å². The predicted molar refractivity (Wildman–Crippen MR) is 92.3 cm³/mol. The van der Waals surface area contributed by atoms with E-state index in [0.29, 0.717) is 18.0 Å². The second kappa shape index (κ2) is 6.99. The maximum atomic E-state index is 6.24. The number of nitrogens with one attached hydrogen (secondary N) is 1. The molecular formula is C17H28ClN3. The largest absolute Gasteiger partial charge is 0.369 e. The average Bonchev–Trinajstić information content (AvgIpc) is 2.79. The third-order valence-electron chi connectivity index (χ3n) is 4.32. The molecule has 0 aliphatic carbocycles. The molecule has 0 amide bonds. The van der Waals surface area contributed by atoms with Crippen molar-refractivity contribution in [2.24, 2.45) is 5.92 Å². The van der Waals surface area contributed by atoms with Gasteiger partial charge in [0.2, 0.25) is 0 Å². The molecule has 118 valence electrons. The molecule has 0 bridgehead atoms. The van der Waals surface area contributed by atoms with Crippen LogP contribution in [0.2, 0.25) is 5.02 Å². The van der Waals surface area contributed by atoms with E-state index in [1.165, 1.54) is 11.3 Å². The van der Waals surface area contributed by atoms with Crippen LogP contribution in [-0.2, 0) is 6.54 Å². The fourth-order valence-electron chi connectivity index (χ4n) is 3.11. The predicted octanol–water partition coefficient (Wildman–Crippen LogP) is 3.22. The molecule has 21 heavy (non-hydrogen) atoms. The third-order valence-corrected chi connectivity index (χ3v) is 4.56. The van der Waals surface area contributed by atoms with Crippen molar-refractivity contribution in [3.63, 3.8) is 0 Å². The van der Waals surface area contributed by atoms with E-state index in [1.807, 2.05) is 6.07 Å². The number of nitrogens with zero attached hydrogens (tertiary/aromatic N) is 2. The molecule has 1 aliphatic heterocycles. The lowest BCUT2D eigenvalue weighted by molar-refractivity contribution is 0.266. The van der Waals surface area contributed by atoms with Crippen LogP contribution in [0.25, 0.3) is 0 Å². The summed E-state index contributed by atoms with van der Waals surface area (Å²) in [7, 11) is 4.34. The van der Waals surface area contributed by atoms with E-state index < -0.39 is 0 Å². The quantitative estimate of drug-likeness (QED) is 0.901. The van der Waals surface area contributed by atoms with Gasteiger partial charge in [-0.2, -0.15) is 0 Å². The van der Waals surface area contributed by atoms with E-state index in [0.717, 1.165) is 24.7 Å². The standard InChI is InChI=1S/C17H28ClN3/c1-12(2)19-9-14-6-7-15(18)8-16(14)21-10-13(3)17(11-21)20(4)5/h6-8,12-13,17,19H,9-11H2,1-5H3. The van der Waals surface area contributed by atoms with Crippen LogP contribution in [0.3, 0.4) is 0 Å². The summed E-state index contributed by atoms with van der Waals surface area (Å²) >= 11 is 6.24. The lowest BCUT2D eigenvalue weighted by Gasteiger charge is -2.25. The van der Waals surface area contributed by atoms with Gasteiger partial charge in [0.1, 0.15) is 0 Å². The molecule has 0 radical (unpaired) electrons. The van der Waals surface area contributed by atoms with Crippen molar-refractivity contribution < 1.29 is 0 Å². The summed E-state index contributed by atoms with van der Waals surface area (Å²) in [6, 6.07) is 7.35. The van der Waals surface area contributed by atoms with Gasteiger partial charge >= 0.3 is 0 Å². The Morgan fingerprint density at radius 1 is 1.33 bits per heavy atom. The average molecular weight is 310 g/mol. The van der Waals surface area contributed by atoms with Gasteiger partial charge in [-0.25, -0.2) is 0 Å². The Labute approximate surface area is 134 Å². The van der Waals surface area contributed by atoms with Crippen molar-refractivity contribution in [2.45, 2.75) is 39.4 Å². The molecule has 1 aromatic rings. The zero-order valence-corrected chi connectivity index (χ0v) is 14.6. The molecular weight excluding hydrogens is 282 g/mol. The first-order valence-corrected chi connectivity index (χ1v) is 8.19. The highest BCUT2D eigenvalue weighted by Crippen LogP contribution is 2.31. The number of benzene rings is 1. The molecule has 2 rings (SSSR count). The summed E-state index contributed by atoms with van der Waals surface area (Å²) in [5.41, 5.74) is 2.62. The summed E-state index contributed by atoms with van der Waals surface area (Å²) in [6.45, 7) is 9.75. The van der Waals surface area contributed by atoms with Gasteiger partial charge in [0.15, 0.2) is 0 Å². The second-order valence-electron chi connectivity index (χ2n) is 6.72. The SMILES string of the molecule is CC(C)NCc1ccc(Cl)cc1N1CC(C)C(N(C)C)C1. The molecule has 1 heterocycles. The Morgan fingerprint density at radius 3 is 2.62 bits per heavy atom. The first-order chi connectivity index (χ1) is 9.88. The number of anilines is 1. The first-order valence-electron chi connectivity index (χ1n) is 7.81. The topological polar surface area (TPSA) is 18.5 Å². The molecule has 0 aromatic heterocycles. The van der Waals surface area contributed by atoms with Crippen LogP contribution in [0, 0.1) is 5.92 Å². The Morgan fingerprint density at radius 2 is 2.05 bits per heavy atom.